The van der Waals surface area contributed by atoms with E-state index in [1.54, 1.807) is 20.1 Å². The van der Waals surface area contributed by atoms with E-state index in [9.17, 15) is 0 Å². The second-order valence-electron chi connectivity index (χ2n) is 2.02. The lowest BCUT2D eigenvalue weighted by atomic mass is 10.4. The van der Waals surface area contributed by atoms with Gasteiger partial charge in [0, 0.05) is 13.2 Å². The molecule has 0 saturated carbocycles. The molecule has 1 aliphatic heterocycles. The van der Waals surface area contributed by atoms with Gasteiger partial charge >= 0.3 is 0 Å². The van der Waals surface area contributed by atoms with Gasteiger partial charge in [-0.2, -0.15) is 0 Å². The maximum absolute atomic E-state index is 5.24. The summed E-state index contributed by atoms with van der Waals surface area (Å²) in [6.45, 7) is 1.78. The van der Waals surface area contributed by atoms with Gasteiger partial charge in [-0.25, -0.2) is 0 Å². The zero-order valence-electron chi connectivity index (χ0n) is 6.63. The molecule has 1 aliphatic rings. The lowest BCUT2D eigenvalue weighted by Crippen LogP contribution is -2.05. The van der Waals surface area contributed by atoms with Crippen LogP contribution >= 0.6 is 0 Å². The first-order chi connectivity index (χ1) is 5.36. The Morgan fingerprint density at radius 2 is 2.55 bits per heavy atom. The predicted octanol–water partition coefficient (Wildman–Crippen LogP) is 1.45. The van der Waals surface area contributed by atoms with Crippen molar-refractivity contribution in [2.24, 2.45) is 0 Å². The summed E-state index contributed by atoms with van der Waals surface area (Å²) in [7, 11) is 1.60. The molecule has 0 aromatic rings. The van der Waals surface area contributed by atoms with Gasteiger partial charge in [0.15, 0.2) is 0 Å². The fraction of sp³-hybridized carbons (Fsp3) is 0.333. The van der Waals surface area contributed by atoms with Gasteiger partial charge in [0.05, 0.1) is 0 Å². The molecule has 2 nitrogen and oxygen atoms in total. The number of rotatable bonds is 1. The molecule has 1 rings (SSSR count). The molecule has 1 heterocycles. The van der Waals surface area contributed by atoms with Gasteiger partial charge in [-0.1, -0.05) is 5.92 Å². The predicted molar refractivity (Wildman–Crippen MR) is 42.6 cm³/mol. The van der Waals surface area contributed by atoms with E-state index >= 15 is 0 Å². The van der Waals surface area contributed by atoms with E-state index in [4.69, 9.17) is 9.47 Å². The smallest absolute Gasteiger partial charge is 0.219 e. The van der Waals surface area contributed by atoms with Crippen molar-refractivity contribution in [2.75, 3.05) is 7.11 Å². The van der Waals surface area contributed by atoms with Gasteiger partial charge in [-0.3, -0.25) is 0 Å². The second-order valence-corrected chi connectivity index (χ2v) is 2.02. The quantitative estimate of drug-likeness (QED) is 0.527. The highest BCUT2D eigenvalue weighted by Gasteiger charge is 2.10. The normalized spacial score (nSPS) is 24.5. The molecule has 0 radical (unpaired) electrons. The molecule has 0 amide bonds. The van der Waals surface area contributed by atoms with Gasteiger partial charge in [0.25, 0.3) is 0 Å². The molecule has 1 unspecified atom stereocenters. The minimum atomic E-state index is -0.236. The third-order valence-electron chi connectivity index (χ3n) is 1.26. The lowest BCUT2D eigenvalue weighted by Gasteiger charge is -2.05. The van der Waals surface area contributed by atoms with Crippen molar-refractivity contribution < 1.29 is 9.47 Å². The number of allylic oxidation sites excluding steroid dienone is 2. The van der Waals surface area contributed by atoms with E-state index in [-0.39, 0.29) is 6.29 Å². The molecule has 0 aromatic carbocycles. The Morgan fingerprint density at radius 1 is 1.73 bits per heavy atom. The minimum absolute atomic E-state index is 0.236. The first-order valence-electron chi connectivity index (χ1n) is 3.37. The number of methoxy groups -OCH3 is 1. The molecular weight excluding hydrogens is 140 g/mol. The summed E-state index contributed by atoms with van der Waals surface area (Å²) < 4.78 is 10.2. The van der Waals surface area contributed by atoms with E-state index < -0.39 is 0 Å². The maximum atomic E-state index is 5.24. The van der Waals surface area contributed by atoms with Gasteiger partial charge in [-0.15, -0.1) is 5.92 Å². The summed E-state index contributed by atoms with van der Waals surface area (Å²) in [5.74, 6) is 6.29. The van der Waals surface area contributed by atoms with Crippen LogP contribution in [0, 0.1) is 11.8 Å². The highest BCUT2D eigenvalue weighted by Crippen LogP contribution is 2.14. The zero-order valence-corrected chi connectivity index (χ0v) is 6.63. The van der Waals surface area contributed by atoms with Crippen molar-refractivity contribution in [1.82, 2.24) is 0 Å². The van der Waals surface area contributed by atoms with Crippen LogP contribution in [-0.4, -0.2) is 13.4 Å². The first kappa shape index (κ1) is 7.90. The molecule has 2 heteroatoms. The van der Waals surface area contributed by atoms with Crippen molar-refractivity contribution in [3.05, 3.63) is 24.0 Å². The molecule has 0 saturated heterocycles. The average Bonchev–Trinajstić information content (AvgIpc) is 2.48. The van der Waals surface area contributed by atoms with Gasteiger partial charge in [0.2, 0.25) is 6.29 Å². The van der Waals surface area contributed by atoms with Crippen LogP contribution in [0.1, 0.15) is 6.92 Å². The van der Waals surface area contributed by atoms with Crippen molar-refractivity contribution in [1.29, 1.82) is 0 Å². The van der Waals surface area contributed by atoms with Crippen molar-refractivity contribution in [2.45, 2.75) is 13.2 Å². The Labute approximate surface area is 66.5 Å². The van der Waals surface area contributed by atoms with Gasteiger partial charge < -0.3 is 9.47 Å². The Morgan fingerprint density at radius 3 is 3.09 bits per heavy atom. The van der Waals surface area contributed by atoms with E-state index in [1.807, 2.05) is 12.2 Å². The largest absolute Gasteiger partial charge is 0.461 e. The summed E-state index contributed by atoms with van der Waals surface area (Å²) in [6, 6.07) is 0. The Kier molecular flexibility index (Phi) is 2.76. The summed E-state index contributed by atoms with van der Waals surface area (Å²) in [4.78, 5) is 0. The molecule has 0 fully saturated rings. The van der Waals surface area contributed by atoms with Crippen LogP contribution in [0.3, 0.4) is 0 Å². The second kappa shape index (κ2) is 3.85. The first-order valence-corrected chi connectivity index (χ1v) is 3.37. The van der Waals surface area contributed by atoms with E-state index in [0.717, 1.165) is 5.76 Å². The summed E-state index contributed by atoms with van der Waals surface area (Å²) in [5, 5.41) is 0. The Hall–Kier alpha value is -1.20. The highest BCUT2D eigenvalue weighted by molar-refractivity contribution is 5.27. The minimum Gasteiger partial charge on any atom is -0.461 e. The van der Waals surface area contributed by atoms with Crippen LogP contribution in [0.2, 0.25) is 0 Å². The van der Waals surface area contributed by atoms with Crippen LogP contribution < -0.4 is 0 Å². The standard InChI is InChI=1S/C9H10O2/c1-3-4-5-8-6-7-9(10-2)11-8/h5-7,9H,1-2H3/b8-5-. The van der Waals surface area contributed by atoms with E-state index in [2.05, 4.69) is 11.8 Å². The molecule has 0 spiro atoms. The molecule has 1 atom stereocenters. The third-order valence-corrected chi connectivity index (χ3v) is 1.26. The molecule has 0 aromatic heterocycles. The fourth-order valence-electron chi connectivity index (χ4n) is 0.738. The van der Waals surface area contributed by atoms with Crippen molar-refractivity contribution in [3.8, 4) is 11.8 Å². The Bertz CT molecular complexity index is 240. The fourth-order valence-corrected chi connectivity index (χ4v) is 0.738. The SMILES string of the molecule is CC#C/C=C1/C=CC(OC)O1. The number of hydrogen-bond donors (Lipinski definition) is 0. The summed E-state index contributed by atoms with van der Waals surface area (Å²) in [6.07, 6.45) is 5.16. The van der Waals surface area contributed by atoms with Crippen LogP contribution in [0.25, 0.3) is 0 Å². The third kappa shape index (κ3) is 2.14. The average molecular weight is 150 g/mol. The lowest BCUT2D eigenvalue weighted by molar-refractivity contribution is -0.0446. The summed E-state index contributed by atoms with van der Waals surface area (Å²) in [5.41, 5.74) is 0. The van der Waals surface area contributed by atoms with Crippen LogP contribution in [0.5, 0.6) is 0 Å². The Balaban J connectivity index is 2.53. The van der Waals surface area contributed by atoms with Gasteiger partial charge in [0.1, 0.15) is 5.76 Å². The van der Waals surface area contributed by atoms with Crippen molar-refractivity contribution in [3.63, 3.8) is 0 Å². The molecule has 0 aliphatic carbocycles. The van der Waals surface area contributed by atoms with Crippen LogP contribution in [0.4, 0.5) is 0 Å². The van der Waals surface area contributed by atoms with Gasteiger partial charge in [-0.05, 0) is 19.1 Å². The van der Waals surface area contributed by atoms with Crippen LogP contribution in [-0.2, 0) is 9.47 Å². The molecule has 0 N–H and O–H groups in total. The summed E-state index contributed by atoms with van der Waals surface area (Å²) >= 11 is 0. The van der Waals surface area contributed by atoms with E-state index in [0.29, 0.717) is 0 Å². The number of ether oxygens (including phenoxy) is 2. The monoisotopic (exact) mass is 150 g/mol. The molecule has 11 heavy (non-hydrogen) atoms. The topological polar surface area (TPSA) is 18.5 Å². The zero-order chi connectivity index (χ0) is 8.10. The highest BCUT2D eigenvalue weighted by atomic mass is 16.7. The molecule has 58 valence electrons. The number of hydrogen-bond acceptors (Lipinski definition) is 2. The van der Waals surface area contributed by atoms with Crippen LogP contribution in [0.15, 0.2) is 24.0 Å². The van der Waals surface area contributed by atoms with Crippen molar-refractivity contribution >= 4 is 0 Å². The maximum Gasteiger partial charge on any atom is 0.219 e. The molecular formula is C9H10O2. The van der Waals surface area contributed by atoms with E-state index in [1.165, 1.54) is 0 Å². The molecule has 0 bridgehead atoms.